The normalized spacial score (nSPS) is 17.5. The fourth-order valence-electron chi connectivity index (χ4n) is 6.11. The van der Waals surface area contributed by atoms with Crippen molar-refractivity contribution >= 4 is 8.32 Å². The van der Waals surface area contributed by atoms with E-state index in [0.29, 0.717) is 60.7 Å². The van der Waals surface area contributed by atoms with Crippen molar-refractivity contribution in [1.29, 1.82) is 0 Å². The first-order chi connectivity index (χ1) is 17.3. The van der Waals surface area contributed by atoms with Gasteiger partial charge in [0.05, 0.1) is 18.8 Å². The van der Waals surface area contributed by atoms with Gasteiger partial charge in [0.25, 0.3) is 8.32 Å². The molecule has 1 saturated heterocycles. The number of benzene rings is 1. The van der Waals surface area contributed by atoms with Gasteiger partial charge in [-0.25, -0.2) is 9.37 Å². The number of ether oxygens (including phenoxy) is 1. The molecule has 1 aliphatic heterocycles. The third-order valence-corrected chi connectivity index (χ3v) is 14.2. The van der Waals surface area contributed by atoms with Crippen LogP contribution in [0.2, 0.25) is 16.6 Å². The summed E-state index contributed by atoms with van der Waals surface area (Å²) in [4.78, 5) is 6.29. The molecule has 1 unspecified atom stereocenters. The Kier molecular flexibility index (Phi) is 9.43. The monoisotopic (exact) mass is 532 g/mol. The molecule has 1 atom stereocenters. The van der Waals surface area contributed by atoms with Crippen LogP contribution in [0.3, 0.4) is 0 Å². The van der Waals surface area contributed by atoms with Crippen molar-refractivity contribution in [2.75, 3.05) is 26.7 Å². The number of aromatic nitrogens is 1. The molecule has 2 heterocycles. The van der Waals surface area contributed by atoms with Crippen molar-refractivity contribution in [2.45, 2.75) is 89.6 Å². The summed E-state index contributed by atoms with van der Waals surface area (Å²) < 4.78 is 27.2. The van der Waals surface area contributed by atoms with Crippen molar-refractivity contribution in [1.82, 2.24) is 9.88 Å². The molecule has 3 rings (SSSR count). The second-order valence-electron chi connectivity index (χ2n) is 11.5. The van der Waals surface area contributed by atoms with Gasteiger partial charge in [-0.05, 0) is 54.1 Å². The Morgan fingerprint density at radius 1 is 1.05 bits per heavy atom. The van der Waals surface area contributed by atoms with Crippen molar-refractivity contribution in [3.63, 3.8) is 0 Å². The average molecular weight is 533 g/mol. The van der Waals surface area contributed by atoms with Crippen LogP contribution >= 0.6 is 0 Å². The van der Waals surface area contributed by atoms with Gasteiger partial charge in [0, 0.05) is 49.1 Å². The van der Waals surface area contributed by atoms with Crippen molar-refractivity contribution in [3.05, 3.63) is 53.0 Å². The predicted molar refractivity (Wildman–Crippen MR) is 148 cm³/mol. The molecule has 206 valence electrons. The first-order valence-electron chi connectivity index (χ1n) is 13.5. The van der Waals surface area contributed by atoms with Crippen LogP contribution < -0.4 is 9.16 Å². The minimum absolute atomic E-state index is 0.288. The van der Waals surface area contributed by atoms with E-state index in [4.69, 9.17) is 9.16 Å². The molecular weight excluding hydrogens is 487 g/mol. The van der Waals surface area contributed by atoms with E-state index in [1.807, 2.05) is 13.0 Å². The number of halogens is 1. The predicted octanol–water partition coefficient (Wildman–Crippen LogP) is 6.11. The minimum atomic E-state index is -2.22. The number of rotatable bonds is 10. The second kappa shape index (κ2) is 11.8. The molecule has 1 aromatic carbocycles. The number of hydrogen-bond donors (Lipinski definition) is 2. The first-order valence-corrected chi connectivity index (χ1v) is 15.6. The van der Waals surface area contributed by atoms with Crippen LogP contribution in [0.5, 0.6) is 11.6 Å². The number of nitrogens with zero attached hydrogens (tertiary/aromatic N) is 2. The number of likely N-dealkylation sites (tertiary alicyclic amines) is 1. The Morgan fingerprint density at radius 2 is 1.65 bits per heavy atom. The van der Waals surface area contributed by atoms with E-state index in [-0.39, 0.29) is 5.56 Å². The topological polar surface area (TPSA) is 75.1 Å². The lowest BCUT2D eigenvalue weighted by Crippen LogP contribution is -2.50. The van der Waals surface area contributed by atoms with E-state index in [1.165, 1.54) is 6.07 Å². The summed E-state index contributed by atoms with van der Waals surface area (Å²) in [6.45, 7) is 16.7. The highest BCUT2D eigenvalue weighted by molar-refractivity contribution is 6.78. The molecule has 1 fully saturated rings. The molecule has 1 aromatic heterocycles. The van der Waals surface area contributed by atoms with Crippen LogP contribution in [-0.4, -0.2) is 55.2 Å². The molecule has 2 aromatic rings. The van der Waals surface area contributed by atoms with Crippen molar-refractivity contribution < 1.29 is 23.8 Å². The average Bonchev–Trinajstić information content (AvgIpc) is 2.85. The van der Waals surface area contributed by atoms with E-state index >= 15 is 4.39 Å². The number of aryl methyl sites for hydroxylation is 1. The van der Waals surface area contributed by atoms with Gasteiger partial charge >= 0.3 is 0 Å². The lowest BCUT2D eigenvalue weighted by Gasteiger charge is -2.42. The molecule has 1 aliphatic rings. The van der Waals surface area contributed by atoms with E-state index in [0.717, 1.165) is 11.1 Å². The summed E-state index contributed by atoms with van der Waals surface area (Å²) in [5.74, 6) is 0.657. The van der Waals surface area contributed by atoms with E-state index in [9.17, 15) is 10.2 Å². The number of aliphatic hydroxyl groups excluding tert-OH is 1. The molecule has 0 saturated carbocycles. The van der Waals surface area contributed by atoms with Crippen LogP contribution in [0.25, 0.3) is 0 Å². The summed E-state index contributed by atoms with van der Waals surface area (Å²) >= 11 is 0. The zero-order valence-corrected chi connectivity index (χ0v) is 24.7. The third-order valence-electron chi connectivity index (χ3n) is 8.24. The van der Waals surface area contributed by atoms with Crippen molar-refractivity contribution in [3.8, 4) is 11.6 Å². The van der Waals surface area contributed by atoms with Gasteiger partial charge < -0.3 is 24.3 Å². The Hall–Kier alpha value is -2.00. The summed E-state index contributed by atoms with van der Waals surface area (Å²) in [7, 11) is -0.663. The first kappa shape index (κ1) is 29.6. The molecule has 0 amide bonds. The van der Waals surface area contributed by atoms with E-state index in [2.05, 4.69) is 51.4 Å². The molecule has 0 radical (unpaired) electrons. The molecule has 8 heteroatoms. The van der Waals surface area contributed by atoms with Gasteiger partial charge in [0.15, 0.2) is 0 Å². The van der Waals surface area contributed by atoms with Gasteiger partial charge in [0.2, 0.25) is 5.88 Å². The van der Waals surface area contributed by atoms with Crippen LogP contribution in [0.4, 0.5) is 4.39 Å². The number of methoxy groups -OCH3 is 1. The maximum Gasteiger partial charge on any atom is 0.258 e. The Labute approximate surface area is 223 Å². The second-order valence-corrected chi connectivity index (χ2v) is 16.9. The summed E-state index contributed by atoms with van der Waals surface area (Å²) in [5.41, 5.74) is 2.06. The molecule has 37 heavy (non-hydrogen) atoms. The number of aliphatic hydroxyl groups is 2. The van der Waals surface area contributed by atoms with Crippen LogP contribution in [0.1, 0.15) is 77.2 Å². The van der Waals surface area contributed by atoms with Crippen LogP contribution in [0, 0.1) is 12.7 Å². The third kappa shape index (κ3) is 6.19. The Bertz CT molecular complexity index is 1020. The summed E-state index contributed by atoms with van der Waals surface area (Å²) in [6, 6.07) is 6.79. The number of hydrogen-bond acceptors (Lipinski definition) is 6. The summed E-state index contributed by atoms with van der Waals surface area (Å²) in [5, 5.41) is 22.1. The van der Waals surface area contributed by atoms with Gasteiger partial charge in [-0.15, -0.1) is 0 Å². The SMILES string of the molecule is COc1ccc(C2(O)CCN(CC(O)c3cc(C)c(O[Si](C(C)C)(C(C)C)C(C)C)cc3F)CC2)cn1. The van der Waals surface area contributed by atoms with E-state index < -0.39 is 25.8 Å². The molecule has 0 aliphatic carbocycles. The fourth-order valence-corrected chi connectivity index (χ4v) is 11.4. The number of pyridine rings is 1. The number of β-amino-alcohol motifs (C(OH)–C–C–N with tert-alkyl or cyclic N) is 1. The highest BCUT2D eigenvalue weighted by Crippen LogP contribution is 2.44. The van der Waals surface area contributed by atoms with Gasteiger partial charge in [-0.3, -0.25) is 0 Å². The maximum absolute atomic E-state index is 15.3. The van der Waals surface area contributed by atoms with Crippen LogP contribution in [0.15, 0.2) is 30.5 Å². The van der Waals surface area contributed by atoms with Crippen LogP contribution in [-0.2, 0) is 5.60 Å². The quantitative estimate of drug-likeness (QED) is 0.360. The number of piperidine rings is 1. The smallest absolute Gasteiger partial charge is 0.258 e. The zero-order chi connectivity index (χ0) is 27.5. The van der Waals surface area contributed by atoms with E-state index in [1.54, 1.807) is 25.4 Å². The van der Waals surface area contributed by atoms with Crippen molar-refractivity contribution in [2.24, 2.45) is 0 Å². The maximum atomic E-state index is 15.3. The Morgan fingerprint density at radius 3 is 2.14 bits per heavy atom. The molecule has 6 nitrogen and oxygen atoms in total. The lowest BCUT2D eigenvalue weighted by atomic mass is 9.85. The zero-order valence-electron chi connectivity index (χ0n) is 23.7. The Balaban J connectivity index is 1.70. The standard InChI is InChI=1S/C29H45FN2O4Si/c1-19(2)37(20(3)4,21(5)6)36-27-16-25(30)24(15-22(27)7)26(33)18-32-13-11-29(34,12-14-32)23-9-10-28(35-8)31-17-23/h9-10,15-17,19-21,26,33-34H,11-14,18H2,1-8H3. The molecular formula is C29H45FN2O4Si. The summed E-state index contributed by atoms with van der Waals surface area (Å²) in [6.07, 6.45) is 1.70. The fraction of sp³-hybridized carbons (Fsp3) is 0.621. The van der Waals surface area contributed by atoms with Gasteiger partial charge in [0.1, 0.15) is 11.6 Å². The molecule has 2 N–H and O–H groups in total. The molecule has 0 spiro atoms. The largest absolute Gasteiger partial charge is 0.542 e. The highest BCUT2D eigenvalue weighted by Gasteiger charge is 2.47. The molecule has 0 bridgehead atoms. The highest BCUT2D eigenvalue weighted by atomic mass is 28.4. The van der Waals surface area contributed by atoms with Gasteiger partial charge in [-0.2, -0.15) is 0 Å². The van der Waals surface area contributed by atoms with Gasteiger partial charge in [-0.1, -0.05) is 41.5 Å². The lowest BCUT2D eigenvalue weighted by molar-refractivity contribution is -0.0349. The minimum Gasteiger partial charge on any atom is -0.542 e.